The predicted octanol–water partition coefficient (Wildman–Crippen LogP) is 5.69. The van der Waals surface area contributed by atoms with Crippen molar-refractivity contribution in [3.63, 3.8) is 0 Å². The van der Waals surface area contributed by atoms with Crippen LogP contribution in [0.3, 0.4) is 0 Å². The third kappa shape index (κ3) is 15.3. The molecule has 0 aliphatic rings. The molecule has 2 N–H and O–H groups in total. The Labute approximate surface area is 175 Å². The summed E-state index contributed by atoms with van der Waals surface area (Å²) in [6.45, 7) is 8.50. The second-order valence-electron chi connectivity index (χ2n) is 8.75. The Balaban J connectivity index is 4.63. The molecule has 0 aromatic carbocycles. The molecule has 0 fully saturated rings. The summed E-state index contributed by atoms with van der Waals surface area (Å²) < 4.78 is 0. The summed E-state index contributed by atoms with van der Waals surface area (Å²) in [5.41, 5.74) is 0. The van der Waals surface area contributed by atoms with Crippen LogP contribution in [-0.2, 0) is 4.79 Å². The van der Waals surface area contributed by atoms with Gasteiger partial charge in [0, 0.05) is 19.0 Å². The molecule has 0 radical (unpaired) electrons. The zero-order chi connectivity index (χ0) is 21.2. The van der Waals surface area contributed by atoms with E-state index in [1.54, 1.807) is 18.7 Å². The van der Waals surface area contributed by atoms with E-state index in [-0.39, 0.29) is 11.8 Å². The smallest absolute Gasteiger partial charge is 0.225 e. The second kappa shape index (κ2) is 18.4. The highest BCUT2D eigenvalue weighted by Crippen LogP contribution is 2.22. The summed E-state index contributed by atoms with van der Waals surface area (Å²) in [4.78, 5) is 14.8. The molecule has 0 spiro atoms. The van der Waals surface area contributed by atoms with Gasteiger partial charge in [0.2, 0.25) is 5.91 Å². The van der Waals surface area contributed by atoms with E-state index in [1.165, 1.54) is 64.2 Å². The Morgan fingerprint density at radius 2 is 1.04 bits per heavy atom. The molecule has 28 heavy (non-hydrogen) atoms. The first kappa shape index (κ1) is 27.4. The molecular weight excluding hydrogens is 350 g/mol. The van der Waals surface area contributed by atoms with Crippen LogP contribution in [-0.4, -0.2) is 46.3 Å². The highest BCUT2D eigenvalue weighted by Gasteiger charge is 2.25. The van der Waals surface area contributed by atoms with Gasteiger partial charge in [-0.3, -0.25) is 4.79 Å². The number of aliphatic hydroxyl groups is 2. The van der Waals surface area contributed by atoms with E-state index in [0.29, 0.717) is 13.1 Å². The number of hydrogen-bond acceptors (Lipinski definition) is 3. The van der Waals surface area contributed by atoms with Crippen molar-refractivity contribution in [2.24, 2.45) is 5.92 Å². The summed E-state index contributed by atoms with van der Waals surface area (Å²) in [7, 11) is 0. The molecule has 168 valence electrons. The summed E-state index contributed by atoms with van der Waals surface area (Å²) in [5.74, 6) is 0.166. The van der Waals surface area contributed by atoms with Crippen LogP contribution in [0.25, 0.3) is 0 Å². The molecular formula is C24H49NO3. The molecule has 0 rings (SSSR count). The fraction of sp³-hybridized carbons (Fsp3) is 0.958. The molecule has 1 amide bonds. The van der Waals surface area contributed by atoms with Crippen LogP contribution < -0.4 is 0 Å². The Kier molecular flexibility index (Phi) is 18.0. The topological polar surface area (TPSA) is 60.8 Å². The fourth-order valence-corrected chi connectivity index (χ4v) is 3.88. The van der Waals surface area contributed by atoms with Crippen molar-refractivity contribution in [3.05, 3.63) is 0 Å². The van der Waals surface area contributed by atoms with E-state index in [9.17, 15) is 15.0 Å². The van der Waals surface area contributed by atoms with Gasteiger partial charge in [-0.2, -0.15) is 0 Å². The summed E-state index contributed by atoms with van der Waals surface area (Å²) in [6.07, 6.45) is 15.6. The normalized spacial score (nSPS) is 13.7. The molecule has 0 bridgehead atoms. The van der Waals surface area contributed by atoms with Crippen molar-refractivity contribution in [1.82, 2.24) is 4.90 Å². The van der Waals surface area contributed by atoms with Gasteiger partial charge in [0.15, 0.2) is 0 Å². The van der Waals surface area contributed by atoms with E-state index in [1.807, 2.05) is 0 Å². The monoisotopic (exact) mass is 399 g/mol. The maximum atomic E-state index is 13.2. The minimum atomic E-state index is -0.563. The summed E-state index contributed by atoms with van der Waals surface area (Å²) in [5, 5.41) is 19.6. The van der Waals surface area contributed by atoms with Gasteiger partial charge in [-0.15, -0.1) is 0 Å². The van der Waals surface area contributed by atoms with Crippen LogP contribution in [0.4, 0.5) is 0 Å². The molecule has 4 nitrogen and oxygen atoms in total. The zero-order valence-corrected chi connectivity index (χ0v) is 19.3. The van der Waals surface area contributed by atoms with Crippen molar-refractivity contribution in [2.75, 3.05) is 13.1 Å². The van der Waals surface area contributed by atoms with E-state index in [4.69, 9.17) is 0 Å². The molecule has 0 saturated carbocycles. The van der Waals surface area contributed by atoms with Gasteiger partial charge >= 0.3 is 0 Å². The van der Waals surface area contributed by atoms with Gasteiger partial charge in [-0.25, -0.2) is 0 Å². The number of amides is 1. The third-order valence-electron chi connectivity index (χ3n) is 5.44. The number of carbonyl (C=O) groups excluding carboxylic acids is 1. The number of rotatable bonds is 19. The average Bonchev–Trinajstić information content (AvgIpc) is 2.63. The summed E-state index contributed by atoms with van der Waals surface area (Å²) >= 11 is 0. The van der Waals surface area contributed by atoms with Crippen molar-refractivity contribution in [2.45, 2.75) is 130 Å². The van der Waals surface area contributed by atoms with Crippen LogP contribution >= 0.6 is 0 Å². The molecule has 0 heterocycles. The average molecular weight is 400 g/mol. The number of carbonyl (C=O) groups is 1. The van der Waals surface area contributed by atoms with Gasteiger partial charge in [0.1, 0.15) is 0 Å². The number of hydrogen-bond donors (Lipinski definition) is 2. The molecule has 0 aromatic heterocycles. The lowest BCUT2D eigenvalue weighted by molar-refractivity contribution is -0.138. The third-order valence-corrected chi connectivity index (χ3v) is 5.44. The Morgan fingerprint density at radius 3 is 1.39 bits per heavy atom. The Hall–Kier alpha value is -0.610. The minimum absolute atomic E-state index is 0.0369. The summed E-state index contributed by atoms with van der Waals surface area (Å²) in [6, 6.07) is 0. The molecule has 2 unspecified atom stereocenters. The van der Waals surface area contributed by atoms with E-state index in [0.717, 1.165) is 25.7 Å². The van der Waals surface area contributed by atoms with Crippen LogP contribution in [0.1, 0.15) is 118 Å². The number of nitrogens with zero attached hydrogens (tertiary/aromatic N) is 1. The minimum Gasteiger partial charge on any atom is -0.392 e. The van der Waals surface area contributed by atoms with E-state index in [2.05, 4.69) is 13.8 Å². The maximum Gasteiger partial charge on any atom is 0.225 e. The van der Waals surface area contributed by atoms with Crippen LogP contribution in [0.15, 0.2) is 0 Å². The predicted molar refractivity (Wildman–Crippen MR) is 119 cm³/mol. The van der Waals surface area contributed by atoms with Crippen LogP contribution in [0.5, 0.6) is 0 Å². The van der Waals surface area contributed by atoms with Crippen molar-refractivity contribution in [1.29, 1.82) is 0 Å². The van der Waals surface area contributed by atoms with Crippen LogP contribution in [0.2, 0.25) is 0 Å². The van der Waals surface area contributed by atoms with Gasteiger partial charge in [-0.1, -0.05) is 90.9 Å². The Morgan fingerprint density at radius 1 is 0.679 bits per heavy atom. The highest BCUT2D eigenvalue weighted by molar-refractivity contribution is 5.78. The molecule has 2 atom stereocenters. The first-order valence-electron chi connectivity index (χ1n) is 12.1. The van der Waals surface area contributed by atoms with Crippen LogP contribution in [0, 0.1) is 5.92 Å². The fourth-order valence-electron chi connectivity index (χ4n) is 3.88. The first-order valence-corrected chi connectivity index (χ1v) is 12.1. The van der Waals surface area contributed by atoms with Gasteiger partial charge in [0.05, 0.1) is 12.2 Å². The van der Waals surface area contributed by atoms with E-state index >= 15 is 0 Å². The highest BCUT2D eigenvalue weighted by atomic mass is 16.3. The quantitative estimate of drug-likeness (QED) is 0.274. The largest absolute Gasteiger partial charge is 0.392 e. The second-order valence-corrected chi connectivity index (χ2v) is 8.75. The number of unbranched alkanes of at least 4 members (excludes halogenated alkanes) is 10. The number of aliphatic hydroxyl groups excluding tert-OH is 2. The van der Waals surface area contributed by atoms with Gasteiger partial charge in [0.25, 0.3) is 0 Å². The van der Waals surface area contributed by atoms with Crippen molar-refractivity contribution >= 4 is 5.91 Å². The zero-order valence-electron chi connectivity index (χ0n) is 19.3. The lowest BCUT2D eigenvalue weighted by Gasteiger charge is -2.29. The maximum absolute atomic E-state index is 13.2. The molecule has 4 heteroatoms. The van der Waals surface area contributed by atoms with Gasteiger partial charge in [-0.05, 0) is 26.7 Å². The van der Waals surface area contributed by atoms with E-state index < -0.39 is 12.2 Å². The lowest BCUT2D eigenvalue weighted by atomic mass is 9.92. The SMILES string of the molecule is CCCCCCCCC(CCCCCCCC)C(=O)N(CC(C)O)CC(C)O. The van der Waals surface area contributed by atoms with Gasteiger partial charge < -0.3 is 15.1 Å². The standard InChI is InChI=1S/C24H49NO3/c1-5-7-9-11-13-15-17-23(18-16-14-12-10-8-6-2)24(28)25(19-21(3)26)20-22(4)27/h21-23,26-27H,5-20H2,1-4H3. The molecule has 0 saturated heterocycles. The van der Waals surface area contributed by atoms with Crippen molar-refractivity contribution in [3.8, 4) is 0 Å². The van der Waals surface area contributed by atoms with Crippen molar-refractivity contribution < 1.29 is 15.0 Å². The molecule has 0 aliphatic carbocycles. The lowest BCUT2D eigenvalue weighted by Crippen LogP contribution is -2.43. The first-order chi connectivity index (χ1) is 13.4. The molecule has 0 aliphatic heterocycles. The molecule has 0 aromatic rings. The Bertz CT molecular complexity index is 332.